The van der Waals surface area contributed by atoms with E-state index in [1.165, 1.54) is 6.42 Å². The summed E-state index contributed by atoms with van der Waals surface area (Å²) in [6.07, 6.45) is 3.29. The van der Waals surface area contributed by atoms with Crippen molar-refractivity contribution in [2.24, 2.45) is 10.7 Å². The number of hydrogen-bond donors (Lipinski definition) is 1. The van der Waals surface area contributed by atoms with Crippen LogP contribution in [0.3, 0.4) is 0 Å². The summed E-state index contributed by atoms with van der Waals surface area (Å²) in [5.74, 6) is 0.598. The molecule has 0 aliphatic carbocycles. The standard InChI is InChI=1S/C8H16N2.C2H6/c1-4-5-6-7(2)10-8(3)9;1-2/h2,4-6H2,1,3H3,(H2,9,10);1-2H3. The topological polar surface area (TPSA) is 38.4 Å². The lowest BCUT2D eigenvalue weighted by Crippen LogP contribution is -2.05. The molecule has 0 aromatic heterocycles. The highest BCUT2D eigenvalue weighted by molar-refractivity contribution is 5.78. The van der Waals surface area contributed by atoms with Crippen LogP contribution >= 0.6 is 0 Å². The number of amidine groups is 1. The van der Waals surface area contributed by atoms with Crippen LogP contribution in [0.5, 0.6) is 0 Å². The Kier molecular flexibility index (Phi) is 11.7. The number of aliphatic imine (C=N–C) groups is 1. The Morgan fingerprint density at radius 2 is 1.92 bits per heavy atom. The first-order valence-corrected chi connectivity index (χ1v) is 4.65. The summed E-state index contributed by atoms with van der Waals surface area (Å²) in [6, 6.07) is 0. The molecule has 0 aliphatic heterocycles. The summed E-state index contributed by atoms with van der Waals surface area (Å²) in [6.45, 7) is 11.7. The van der Waals surface area contributed by atoms with Gasteiger partial charge in [-0.15, -0.1) is 0 Å². The third-order valence-corrected chi connectivity index (χ3v) is 1.15. The maximum absolute atomic E-state index is 5.35. The highest BCUT2D eigenvalue weighted by atomic mass is 14.8. The van der Waals surface area contributed by atoms with E-state index in [1.54, 1.807) is 6.92 Å². The molecule has 0 heterocycles. The molecule has 12 heavy (non-hydrogen) atoms. The molecule has 0 amide bonds. The summed E-state index contributed by atoms with van der Waals surface area (Å²) in [4.78, 5) is 4.01. The molecule has 2 heteroatoms. The van der Waals surface area contributed by atoms with Crippen molar-refractivity contribution in [2.45, 2.75) is 47.0 Å². The smallest absolute Gasteiger partial charge is 0.0960 e. The van der Waals surface area contributed by atoms with Gasteiger partial charge in [-0.1, -0.05) is 33.8 Å². The van der Waals surface area contributed by atoms with Crippen LogP contribution in [0.2, 0.25) is 0 Å². The van der Waals surface area contributed by atoms with Gasteiger partial charge in [0.15, 0.2) is 0 Å². The Hall–Kier alpha value is -0.790. The molecule has 0 unspecified atom stereocenters. The van der Waals surface area contributed by atoms with E-state index >= 15 is 0 Å². The van der Waals surface area contributed by atoms with E-state index in [1.807, 2.05) is 13.8 Å². The second kappa shape index (κ2) is 10.2. The Morgan fingerprint density at radius 3 is 2.25 bits per heavy atom. The van der Waals surface area contributed by atoms with E-state index in [2.05, 4.69) is 18.5 Å². The van der Waals surface area contributed by atoms with Gasteiger partial charge in [0.25, 0.3) is 0 Å². The number of unbranched alkanes of at least 4 members (excludes halogenated alkanes) is 1. The third-order valence-electron chi connectivity index (χ3n) is 1.15. The van der Waals surface area contributed by atoms with E-state index in [0.717, 1.165) is 18.5 Å². The van der Waals surface area contributed by atoms with Crippen molar-refractivity contribution < 1.29 is 0 Å². The lowest BCUT2D eigenvalue weighted by Gasteiger charge is -1.97. The second-order valence-corrected chi connectivity index (χ2v) is 2.42. The fraction of sp³-hybridized carbons (Fsp3) is 0.700. The van der Waals surface area contributed by atoms with E-state index in [0.29, 0.717) is 5.84 Å². The van der Waals surface area contributed by atoms with Crippen LogP contribution < -0.4 is 5.73 Å². The van der Waals surface area contributed by atoms with Gasteiger partial charge in [0, 0.05) is 5.70 Å². The molecular weight excluding hydrogens is 148 g/mol. The number of hydrogen-bond acceptors (Lipinski definition) is 1. The van der Waals surface area contributed by atoms with E-state index < -0.39 is 0 Å². The van der Waals surface area contributed by atoms with Gasteiger partial charge in [0.1, 0.15) is 0 Å². The summed E-state index contributed by atoms with van der Waals surface area (Å²) in [7, 11) is 0. The maximum atomic E-state index is 5.35. The van der Waals surface area contributed by atoms with Crippen molar-refractivity contribution in [2.75, 3.05) is 0 Å². The molecule has 0 bridgehead atoms. The predicted molar refractivity (Wildman–Crippen MR) is 57.3 cm³/mol. The van der Waals surface area contributed by atoms with Gasteiger partial charge < -0.3 is 5.73 Å². The molecule has 0 aromatic rings. The van der Waals surface area contributed by atoms with Gasteiger partial charge in [0.2, 0.25) is 0 Å². The molecule has 0 rings (SSSR count). The van der Waals surface area contributed by atoms with Crippen molar-refractivity contribution in [3.63, 3.8) is 0 Å². The number of nitrogens with zero attached hydrogens (tertiary/aromatic N) is 1. The molecule has 0 radical (unpaired) electrons. The first-order valence-electron chi connectivity index (χ1n) is 4.65. The Morgan fingerprint density at radius 1 is 1.42 bits per heavy atom. The third kappa shape index (κ3) is 11.9. The van der Waals surface area contributed by atoms with E-state index in [4.69, 9.17) is 5.73 Å². The molecular formula is C10H22N2. The molecule has 2 N–H and O–H groups in total. The molecule has 2 nitrogen and oxygen atoms in total. The lowest BCUT2D eigenvalue weighted by atomic mass is 10.2. The highest BCUT2D eigenvalue weighted by Crippen LogP contribution is 2.05. The van der Waals surface area contributed by atoms with Crippen LogP contribution in [0.1, 0.15) is 47.0 Å². The Balaban J connectivity index is 0. The highest BCUT2D eigenvalue weighted by Gasteiger charge is 1.89. The zero-order valence-electron chi connectivity index (χ0n) is 8.85. The molecule has 0 saturated carbocycles. The largest absolute Gasteiger partial charge is 0.387 e. The van der Waals surface area contributed by atoms with Gasteiger partial charge in [-0.25, -0.2) is 4.99 Å². The minimum absolute atomic E-state index is 0.598. The molecule has 72 valence electrons. The van der Waals surface area contributed by atoms with Crippen LogP contribution in [-0.2, 0) is 0 Å². The van der Waals surface area contributed by atoms with Gasteiger partial charge in [-0.3, -0.25) is 0 Å². The minimum atomic E-state index is 0.598. The van der Waals surface area contributed by atoms with Crippen molar-refractivity contribution in [3.05, 3.63) is 12.3 Å². The average molecular weight is 170 g/mol. The number of allylic oxidation sites excluding steroid dienone is 1. The van der Waals surface area contributed by atoms with Crippen molar-refractivity contribution in [1.82, 2.24) is 0 Å². The first kappa shape index (κ1) is 13.8. The van der Waals surface area contributed by atoms with Crippen molar-refractivity contribution >= 4 is 5.84 Å². The van der Waals surface area contributed by atoms with Crippen LogP contribution in [0.15, 0.2) is 17.3 Å². The van der Waals surface area contributed by atoms with Crippen molar-refractivity contribution in [3.8, 4) is 0 Å². The van der Waals surface area contributed by atoms with Gasteiger partial charge in [0.05, 0.1) is 5.84 Å². The zero-order valence-corrected chi connectivity index (χ0v) is 8.85. The summed E-state index contributed by atoms with van der Waals surface area (Å²) in [5.41, 5.74) is 6.24. The fourth-order valence-electron chi connectivity index (χ4n) is 0.686. The quantitative estimate of drug-likeness (QED) is 0.511. The van der Waals surface area contributed by atoms with E-state index in [9.17, 15) is 0 Å². The van der Waals surface area contributed by atoms with Gasteiger partial charge in [-0.2, -0.15) is 0 Å². The van der Waals surface area contributed by atoms with Crippen LogP contribution in [0.25, 0.3) is 0 Å². The average Bonchev–Trinajstić information content (AvgIpc) is 2.03. The number of rotatable bonds is 4. The van der Waals surface area contributed by atoms with Crippen LogP contribution in [0, 0.1) is 0 Å². The predicted octanol–water partition coefficient (Wildman–Crippen LogP) is 3.09. The second-order valence-electron chi connectivity index (χ2n) is 2.42. The summed E-state index contributed by atoms with van der Waals surface area (Å²) in [5, 5.41) is 0. The monoisotopic (exact) mass is 170 g/mol. The van der Waals surface area contributed by atoms with Crippen LogP contribution in [-0.4, -0.2) is 5.84 Å². The molecule has 0 atom stereocenters. The Bertz CT molecular complexity index is 133. The molecule has 0 aromatic carbocycles. The molecule has 0 saturated heterocycles. The first-order chi connectivity index (χ1) is 5.66. The lowest BCUT2D eigenvalue weighted by molar-refractivity contribution is 0.783. The fourth-order valence-corrected chi connectivity index (χ4v) is 0.686. The van der Waals surface area contributed by atoms with Gasteiger partial charge >= 0.3 is 0 Å². The van der Waals surface area contributed by atoms with Crippen molar-refractivity contribution in [1.29, 1.82) is 0 Å². The normalized spacial score (nSPS) is 10.2. The summed E-state index contributed by atoms with van der Waals surface area (Å²) < 4.78 is 0. The van der Waals surface area contributed by atoms with E-state index in [-0.39, 0.29) is 0 Å². The maximum Gasteiger partial charge on any atom is 0.0960 e. The SMILES string of the molecule is C=C(CCCC)N=C(C)N.CC. The van der Waals surface area contributed by atoms with Crippen LogP contribution in [0.4, 0.5) is 0 Å². The Labute approximate surface area is 76.6 Å². The number of nitrogens with two attached hydrogens (primary N) is 1. The summed E-state index contributed by atoms with van der Waals surface area (Å²) >= 11 is 0. The molecule has 0 spiro atoms. The zero-order chi connectivity index (χ0) is 9.98. The molecule has 0 aliphatic rings. The molecule has 0 fully saturated rings. The van der Waals surface area contributed by atoms with Gasteiger partial charge in [-0.05, 0) is 19.8 Å². The minimum Gasteiger partial charge on any atom is -0.387 e.